The van der Waals surface area contributed by atoms with Crippen LogP contribution in [0.15, 0.2) is 30.3 Å². The van der Waals surface area contributed by atoms with Crippen LogP contribution in [0.25, 0.3) is 22.4 Å². The molecule has 3 aromatic rings. The highest BCUT2D eigenvalue weighted by Crippen LogP contribution is 2.36. The maximum atomic E-state index is 11.9. The average Bonchev–Trinajstić information content (AvgIpc) is 3.60. The number of rotatable bonds is 6. The molecule has 208 valence electrons. The molecule has 2 aromatic heterocycles. The van der Waals surface area contributed by atoms with Crippen LogP contribution in [-0.2, 0) is 14.2 Å². The number of hydrogen-bond donors (Lipinski definition) is 3. The van der Waals surface area contributed by atoms with Gasteiger partial charge in [0.05, 0.1) is 35.6 Å². The number of H-pyrrole nitrogens is 1. The lowest BCUT2D eigenvalue weighted by Gasteiger charge is -2.29. The molecule has 1 amide bonds. The van der Waals surface area contributed by atoms with E-state index in [0.29, 0.717) is 40.4 Å². The normalized spacial score (nSPS) is 28.5. The maximum Gasteiger partial charge on any atom is 0.407 e. The van der Waals surface area contributed by atoms with Crippen molar-refractivity contribution in [1.29, 1.82) is 0 Å². The Balaban J connectivity index is 1.10. The van der Waals surface area contributed by atoms with Gasteiger partial charge in [0, 0.05) is 11.6 Å². The number of nitrogens with zero attached hydrogens (tertiary/aromatic N) is 2. The molecular weight excluding hydrogens is 524 g/mol. The first-order chi connectivity index (χ1) is 18.8. The first-order valence-electron chi connectivity index (χ1n) is 13.6. The number of aromatic amines is 1. The van der Waals surface area contributed by atoms with E-state index in [2.05, 4.69) is 27.4 Å². The molecule has 2 saturated heterocycles. The Hall–Kier alpha value is -2.92. The summed E-state index contributed by atoms with van der Waals surface area (Å²) in [5.74, 6) is 0.444. The zero-order chi connectivity index (χ0) is 27.1. The van der Waals surface area contributed by atoms with Crippen LogP contribution >= 0.6 is 11.6 Å². The van der Waals surface area contributed by atoms with Crippen LogP contribution < -0.4 is 10.1 Å². The number of alkyl carbamates (subject to hydrolysis) is 1. The van der Waals surface area contributed by atoms with Gasteiger partial charge >= 0.3 is 6.09 Å². The summed E-state index contributed by atoms with van der Waals surface area (Å²) >= 11 is 6.62. The van der Waals surface area contributed by atoms with Crippen LogP contribution in [0.3, 0.4) is 0 Å². The SMILES string of the molecule is CC(C)OC(=O)NC1CCC(c2ccc(-c3nc4nc(OC5COC6C(O)COC56)[nH]c4cc3Cl)cc2)CC1. The molecule has 39 heavy (non-hydrogen) atoms. The number of carbonyl (C=O) groups excluding carboxylic acids is 1. The van der Waals surface area contributed by atoms with Crippen molar-refractivity contribution in [2.75, 3.05) is 13.2 Å². The molecule has 4 unspecified atom stereocenters. The number of fused-ring (bicyclic) bond motifs is 2. The number of imidazole rings is 1. The Morgan fingerprint density at radius 1 is 1.10 bits per heavy atom. The van der Waals surface area contributed by atoms with Gasteiger partial charge in [-0.1, -0.05) is 35.9 Å². The second kappa shape index (κ2) is 10.9. The zero-order valence-corrected chi connectivity index (χ0v) is 22.7. The molecule has 10 nitrogen and oxygen atoms in total. The van der Waals surface area contributed by atoms with Crippen LogP contribution in [0, 0.1) is 0 Å². The highest BCUT2D eigenvalue weighted by Gasteiger charge is 2.48. The van der Waals surface area contributed by atoms with Crippen molar-refractivity contribution in [3.63, 3.8) is 0 Å². The molecule has 0 bridgehead atoms. The first kappa shape index (κ1) is 26.3. The van der Waals surface area contributed by atoms with Gasteiger partial charge in [-0.2, -0.15) is 4.98 Å². The van der Waals surface area contributed by atoms with E-state index in [1.54, 1.807) is 6.07 Å². The van der Waals surface area contributed by atoms with Crippen LogP contribution in [0.4, 0.5) is 4.79 Å². The van der Waals surface area contributed by atoms with Crippen LogP contribution in [0.5, 0.6) is 6.01 Å². The Labute approximate surface area is 231 Å². The second-order valence-electron chi connectivity index (χ2n) is 10.8. The fourth-order valence-electron chi connectivity index (χ4n) is 5.74. The Morgan fingerprint density at radius 3 is 2.59 bits per heavy atom. The van der Waals surface area contributed by atoms with E-state index >= 15 is 0 Å². The van der Waals surface area contributed by atoms with Gasteiger partial charge < -0.3 is 34.4 Å². The van der Waals surface area contributed by atoms with E-state index in [-0.39, 0.29) is 43.2 Å². The zero-order valence-electron chi connectivity index (χ0n) is 21.9. The lowest BCUT2D eigenvalue weighted by molar-refractivity contribution is 0.00706. The Morgan fingerprint density at radius 2 is 1.85 bits per heavy atom. The third kappa shape index (κ3) is 5.56. The number of ether oxygens (including phenoxy) is 4. The number of aliphatic hydroxyl groups is 1. The van der Waals surface area contributed by atoms with Crippen molar-refractivity contribution in [3.8, 4) is 17.3 Å². The molecule has 11 heteroatoms. The van der Waals surface area contributed by atoms with Crippen LogP contribution in [0.1, 0.15) is 51.0 Å². The van der Waals surface area contributed by atoms with Crippen molar-refractivity contribution >= 4 is 28.9 Å². The quantitative estimate of drug-likeness (QED) is 0.409. The molecular formula is C28H33ClN4O6. The molecule has 0 radical (unpaired) electrons. The second-order valence-corrected chi connectivity index (χ2v) is 11.2. The van der Waals surface area contributed by atoms with Gasteiger partial charge in [0.1, 0.15) is 18.3 Å². The minimum Gasteiger partial charge on any atom is -0.456 e. The number of amides is 1. The van der Waals surface area contributed by atoms with Crippen molar-refractivity contribution in [3.05, 3.63) is 40.9 Å². The van der Waals surface area contributed by atoms with Crippen molar-refractivity contribution in [1.82, 2.24) is 20.3 Å². The van der Waals surface area contributed by atoms with Crippen molar-refractivity contribution in [2.24, 2.45) is 0 Å². The fourth-order valence-corrected chi connectivity index (χ4v) is 6.00. The van der Waals surface area contributed by atoms with Crippen molar-refractivity contribution < 1.29 is 28.8 Å². The summed E-state index contributed by atoms with van der Waals surface area (Å²) in [7, 11) is 0. The van der Waals surface area contributed by atoms with Crippen LogP contribution in [0.2, 0.25) is 5.02 Å². The molecule has 4 heterocycles. The lowest BCUT2D eigenvalue weighted by atomic mass is 9.81. The number of halogens is 1. The Bertz CT molecular complexity index is 1320. The average molecular weight is 557 g/mol. The number of aromatic nitrogens is 3. The lowest BCUT2D eigenvalue weighted by Crippen LogP contribution is -2.38. The highest BCUT2D eigenvalue weighted by atomic mass is 35.5. The predicted octanol–water partition coefficient (Wildman–Crippen LogP) is 4.35. The topological polar surface area (TPSA) is 128 Å². The molecule has 3 fully saturated rings. The van der Waals surface area contributed by atoms with E-state index in [1.807, 2.05) is 26.0 Å². The van der Waals surface area contributed by atoms with Gasteiger partial charge in [0.15, 0.2) is 11.8 Å². The molecule has 1 saturated carbocycles. The number of benzene rings is 1. The molecule has 4 atom stereocenters. The minimum absolute atomic E-state index is 0.121. The number of aliphatic hydroxyl groups excluding tert-OH is 1. The fraction of sp³-hybridized carbons (Fsp3) is 0.536. The number of hydrogen-bond acceptors (Lipinski definition) is 8. The number of pyridine rings is 1. The summed E-state index contributed by atoms with van der Waals surface area (Å²) in [6.45, 7) is 4.25. The van der Waals surface area contributed by atoms with E-state index < -0.39 is 6.10 Å². The summed E-state index contributed by atoms with van der Waals surface area (Å²) in [5.41, 5.74) is 3.99. The van der Waals surface area contributed by atoms with E-state index in [4.69, 9.17) is 35.5 Å². The first-order valence-corrected chi connectivity index (χ1v) is 13.9. The predicted molar refractivity (Wildman–Crippen MR) is 144 cm³/mol. The number of carbonyl (C=O) groups is 1. The van der Waals surface area contributed by atoms with E-state index in [9.17, 15) is 9.90 Å². The molecule has 1 aliphatic carbocycles. The summed E-state index contributed by atoms with van der Waals surface area (Å²) in [6.07, 6.45) is 1.70. The van der Waals surface area contributed by atoms with Gasteiger partial charge in [-0.05, 0) is 57.1 Å². The van der Waals surface area contributed by atoms with Gasteiger partial charge in [-0.3, -0.25) is 0 Å². The standard InChI is InChI=1S/C28H33ClN4O6/c1-14(2)38-28(35)30-18-9-7-16(8-10-18)15-3-5-17(6-4-15)23-19(29)11-20-26(32-23)33-27(31-20)39-22-13-37-24-21(34)12-36-25(22)24/h3-6,11,14,16,18,21-22,24-25,34H,7-10,12-13H2,1-2H3,(H,30,35)(H,31,32,33). The van der Waals surface area contributed by atoms with Crippen molar-refractivity contribution in [2.45, 2.75) is 82.0 Å². The molecule has 2 aliphatic heterocycles. The Kier molecular flexibility index (Phi) is 7.37. The summed E-state index contributed by atoms with van der Waals surface area (Å²) < 4.78 is 22.5. The molecule has 1 aromatic carbocycles. The molecule has 3 N–H and O–H groups in total. The molecule has 3 aliphatic rings. The maximum absolute atomic E-state index is 11.9. The largest absolute Gasteiger partial charge is 0.456 e. The highest BCUT2D eigenvalue weighted by molar-refractivity contribution is 6.33. The summed E-state index contributed by atoms with van der Waals surface area (Å²) in [6, 6.07) is 10.6. The van der Waals surface area contributed by atoms with Gasteiger partial charge in [-0.15, -0.1) is 0 Å². The summed E-state index contributed by atoms with van der Waals surface area (Å²) in [5, 5.41) is 13.4. The van der Waals surface area contributed by atoms with E-state index in [1.165, 1.54) is 5.56 Å². The number of nitrogens with one attached hydrogen (secondary N) is 2. The smallest absolute Gasteiger partial charge is 0.407 e. The van der Waals surface area contributed by atoms with E-state index in [0.717, 1.165) is 31.2 Å². The summed E-state index contributed by atoms with van der Waals surface area (Å²) in [4.78, 5) is 24.2. The van der Waals surface area contributed by atoms with Gasteiger partial charge in [0.25, 0.3) is 6.01 Å². The molecule has 6 rings (SSSR count). The molecule has 0 spiro atoms. The monoisotopic (exact) mass is 556 g/mol. The van der Waals surface area contributed by atoms with Gasteiger partial charge in [-0.25, -0.2) is 9.78 Å². The third-order valence-corrected chi connectivity index (χ3v) is 7.99. The van der Waals surface area contributed by atoms with Gasteiger partial charge in [0.2, 0.25) is 0 Å². The minimum atomic E-state index is -0.638. The third-order valence-electron chi connectivity index (χ3n) is 7.70. The van der Waals surface area contributed by atoms with Crippen LogP contribution in [-0.4, -0.2) is 75.9 Å².